The molecule has 8 heteroatoms. The van der Waals surface area contributed by atoms with E-state index in [1.54, 1.807) is 30.3 Å². The van der Waals surface area contributed by atoms with Crippen LogP contribution in [0.3, 0.4) is 0 Å². The molecule has 1 saturated carbocycles. The van der Waals surface area contributed by atoms with Crippen molar-refractivity contribution in [2.75, 3.05) is 17.2 Å². The van der Waals surface area contributed by atoms with E-state index in [2.05, 4.69) is 37.2 Å². The van der Waals surface area contributed by atoms with Crippen molar-refractivity contribution < 1.29 is 14.4 Å². The van der Waals surface area contributed by atoms with Crippen molar-refractivity contribution in [3.05, 3.63) is 58.1 Å². The third kappa shape index (κ3) is 5.82. The number of benzene rings is 2. The summed E-state index contributed by atoms with van der Waals surface area (Å²) in [5.74, 6) is -0.717. The molecule has 3 rings (SSSR count). The van der Waals surface area contributed by atoms with Crippen LogP contribution in [0, 0.1) is 6.92 Å². The van der Waals surface area contributed by atoms with Crippen LogP contribution in [0.5, 0.6) is 0 Å². The number of aryl methyl sites for hydroxylation is 1. The number of urea groups is 1. The maximum atomic E-state index is 12.3. The van der Waals surface area contributed by atoms with Gasteiger partial charge in [0, 0.05) is 27.5 Å². The monoisotopic (exact) mass is 444 g/mol. The number of anilines is 2. The molecule has 7 nitrogen and oxygen atoms in total. The molecule has 0 unspecified atom stereocenters. The van der Waals surface area contributed by atoms with Gasteiger partial charge in [0.05, 0.1) is 6.54 Å². The summed E-state index contributed by atoms with van der Waals surface area (Å²) in [6.07, 6.45) is 2.00. The molecule has 1 aliphatic carbocycles. The van der Waals surface area contributed by atoms with E-state index in [4.69, 9.17) is 0 Å². The fourth-order valence-electron chi connectivity index (χ4n) is 2.54. The van der Waals surface area contributed by atoms with Gasteiger partial charge < -0.3 is 21.3 Å². The zero-order chi connectivity index (χ0) is 20.1. The van der Waals surface area contributed by atoms with Gasteiger partial charge in [-0.1, -0.05) is 22.0 Å². The summed E-state index contributed by atoms with van der Waals surface area (Å²) >= 11 is 3.37. The molecule has 0 spiro atoms. The van der Waals surface area contributed by atoms with Gasteiger partial charge in [-0.3, -0.25) is 9.59 Å². The number of rotatable bonds is 6. The van der Waals surface area contributed by atoms with Gasteiger partial charge in [-0.25, -0.2) is 4.79 Å². The van der Waals surface area contributed by atoms with Crippen molar-refractivity contribution in [3.63, 3.8) is 0 Å². The lowest BCUT2D eigenvalue weighted by molar-refractivity contribution is -0.115. The molecule has 0 heterocycles. The van der Waals surface area contributed by atoms with Gasteiger partial charge in [-0.2, -0.15) is 0 Å². The van der Waals surface area contributed by atoms with E-state index in [0.29, 0.717) is 16.9 Å². The van der Waals surface area contributed by atoms with Crippen LogP contribution >= 0.6 is 15.9 Å². The van der Waals surface area contributed by atoms with Gasteiger partial charge >= 0.3 is 6.03 Å². The van der Waals surface area contributed by atoms with Crippen LogP contribution in [0.15, 0.2) is 46.9 Å². The molecule has 0 bridgehead atoms. The lowest BCUT2D eigenvalue weighted by Gasteiger charge is -2.11. The zero-order valence-electron chi connectivity index (χ0n) is 15.3. The molecule has 1 fully saturated rings. The summed E-state index contributed by atoms with van der Waals surface area (Å²) in [5, 5.41) is 10.9. The second kappa shape index (κ2) is 8.88. The number of amides is 4. The number of carbonyl (C=O) groups excluding carboxylic acids is 3. The van der Waals surface area contributed by atoms with E-state index < -0.39 is 5.91 Å². The molecule has 2 aromatic carbocycles. The summed E-state index contributed by atoms with van der Waals surface area (Å²) in [6.45, 7) is 1.73. The Kier molecular flexibility index (Phi) is 6.30. The fourth-order valence-corrected chi connectivity index (χ4v) is 3.02. The van der Waals surface area contributed by atoms with E-state index in [-0.39, 0.29) is 24.5 Å². The molecule has 0 atom stereocenters. The van der Waals surface area contributed by atoms with Crippen LogP contribution < -0.4 is 21.3 Å². The standard InChI is InChI=1S/C20H21BrN4O3/c1-12-9-14(21)5-8-17(12)25-18(26)11-22-19(27)13-3-2-4-16(10-13)24-20(28)23-15-6-7-15/h2-5,8-10,15H,6-7,11H2,1H3,(H,22,27)(H,25,26)(H2,23,24,28). The fraction of sp³-hybridized carbons (Fsp3) is 0.250. The summed E-state index contributed by atoms with van der Waals surface area (Å²) in [6, 6.07) is 12.0. The second-order valence-corrected chi connectivity index (χ2v) is 7.56. The topological polar surface area (TPSA) is 99.3 Å². The zero-order valence-corrected chi connectivity index (χ0v) is 16.9. The first-order valence-corrected chi connectivity index (χ1v) is 9.72. The molecular weight excluding hydrogens is 424 g/mol. The van der Waals surface area contributed by atoms with Crippen molar-refractivity contribution in [1.29, 1.82) is 0 Å². The largest absolute Gasteiger partial charge is 0.343 e. The molecule has 4 N–H and O–H groups in total. The average molecular weight is 445 g/mol. The minimum absolute atomic E-state index is 0.159. The first-order valence-electron chi connectivity index (χ1n) is 8.92. The normalized spacial score (nSPS) is 12.8. The number of hydrogen-bond donors (Lipinski definition) is 4. The molecule has 1 aliphatic rings. The van der Waals surface area contributed by atoms with Gasteiger partial charge in [0.1, 0.15) is 0 Å². The molecule has 146 valence electrons. The highest BCUT2D eigenvalue weighted by molar-refractivity contribution is 9.10. The smallest absolute Gasteiger partial charge is 0.319 e. The summed E-state index contributed by atoms with van der Waals surface area (Å²) in [7, 11) is 0. The van der Waals surface area contributed by atoms with Gasteiger partial charge in [0.25, 0.3) is 5.91 Å². The third-order valence-electron chi connectivity index (χ3n) is 4.17. The summed E-state index contributed by atoms with van der Waals surface area (Å²) in [5.41, 5.74) is 2.48. The number of halogens is 1. The Morgan fingerprint density at radius 2 is 1.86 bits per heavy atom. The highest BCUT2D eigenvalue weighted by Gasteiger charge is 2.23. The van der Waals surface area contributed by atoms with Crippen molar-refractivity contribution in [3.8, 4) is 0 Å². The molecule has 0 aliphatic heterocycles. The number of nitrogens with one attached hydrogen (secondary N) is 4. The van der Waals surface area contributed by atoms with Crippen LogP contribution in [0.4, 0.5) is 16.2 Å². The quantitative estimate of drug-likeness (QED) is 0.549. The Bertz CT molecular complexity index is 912. The molecule has 0 aromatic heterocycles. The van der Waals surface area contributed by atoms with Gasteiger partial charge in [0.2, 0.25) is 5.91 Å². The van der Waals surface area contributed by atoms with Crippen molar-refractivity contribution in [2.45, 2.75) is 25.8 Å². The Hall–Kier alpha value is -2.87. The Morgan fingerprint density at radius 1 is 1.07 bits per heavy atom. The van der Waals surface area contributed by atoms with Crippen LogP contribution in [-0.2, 0) is 4.79 Å². The van der Waals surface area contributed by atoms with E-state index in [9.17, 15) is 14.4 Å². The van der Waals surface area contributed by atoms with E-state index in [0.717, 1.165) is 22.9 Å². The number of carbonyl (C=O) groups is 3. The SMILES string of the molecule is Cc1cc(Br)ccc1NC(=O)CNC(=O)c1cccc(NC(=O)NC2CC2)c1. The third-order valence-corrected chi connectivity index (χ3v) is 4.66. The predicted octanol–water partition coefficient (Wildman–Crippen LogP) is 3.41. The number of hydrogen-bond acceptors (Lipinski definition) is 3. The highest BCUT2D eigenvalue weighted by atomic mass is 79.9. The minimum Gasteiger partial charge on any atom is -0.343 e. The van der Waals surface area contributed by atoms with Crippen molar-refractivity contribution >= 4 is 45.2 Å². The molecular formula is C20H21BrN4O3. The van der Waals surface area contributed by atoms with E-state index in [1.807, 2.05) is 19.1 Å². The minimum atomic E-state index is -0.395. The van der Waals surface area contributed by atoms with Crippen molar-refractivity contribution in [2.24, 2.45) is 0 Å². The van der Waals surface area contributed by atoms with Crippen molar-refractivity contribution in [1.82, 2.24) is 10.6 Å². The van der Waals surface area contributed by atoms with Crippen LogP contribution in [0.1, 0.15) is 28.8 Å². The Balaban J connectivity index is 1.51. The first kappa shape index (κ1) is 19.9. The lowest BCUT2D eigenvalue weighted by Crippen LogP contribution is -2.33. The summed E-state index contributed by atoms with van der Waals surface area (Å²) in [4.78, 5) is 36.2. The van der Waals surface area contributed by atoms with E-state index in [1.165, 1.54) is 0 Å². The molecule has 0 saturated heterocycles. The maximum Gasteiger partial charge on any atom is 0.319 e. The highest BCUT2D eigenvalue weighted by Crippen LogP contribution is 2.20. The van der Waals surface area contributed by atoms with Gasteiger partial charge in [-0.05, 0) is 61.7 Å². The Morgan fingerprint density at radius 3 is 2.57 bits per heavy atom. The first-order chi connectivity index (χ1) is 13.4. The lowest BCUT2D eigenvalue weighted by atomic mass is 10.2. The molecule has 0 radical (unpaired) electrons. The van der Waals surface area contributed by atoms with Crippen LogP contribution in [0.25, 0.3) is 0 Å². The Labute approximate surface area is 171 Å². The molecule has 2 aromatic rings. The maximum absolute atomic E-state index is 12.3. The van der Waals surface area contributed by atoms with Gasteiger partial charge in [0.15, 0.2) is 0 Å². The van der Waals surface area contributed by atoms with Gasteiger partial charge in [-0.15, -0.1) is 0 Å². The second-order valence-electron chi connectivity index (χ2n) is 6.64. The summed E-state index contributed by atoms with van der Waals surface area (Å²) < 4.78 is 0.926. The predicted molar refractivity (Wildman–Crippen MR) is 111 cm³/mol. The van der Waals surface area contributed by atoms with Crippen LogP contribution in [-0.4, -0.2) is 30.4 Å². The molecule has 28 heavy (non-hydrogen) atoms. The average Bonchev–Trinajstić information content (AvgIpc) is 3.46. The van der Waals surface area contributed by atoms with Crippen LogP contribution in [0.2, 0.25) is 0 Å². The van der Waals surface area contributed by atoms with E-state index >= 15 is 0 Å². The molecule has 4 amide bonds.